The van der Waals surface area contributed by atoms with Crippen LogP contribution >= 0.6 is 0 Å². The fourth-order valence-electron chi connectivity index (χ4n) is 2.37. The van der Waals surface area contributed by atoms with E-state index in [0.717, 1.165) is 30.2 Å². The highest BCUT2D eigenvalue weighted by atomic mass is 19.4. The van der Waals surface area contributed by atoms with Crippen molar-refractivity contribution in [3.63, 3.8) is 0 Å². The molecule has 1 heterocycles. The van der Waals surface area contributed by atoms with Gasteiger partial charge in [-0.3, -0.25) is 4.90 Å². The summed E-state index contributed by atoms with van der Waals surface area (Å²) in [5, 5.41) is 0. The van der Waals surface area contributed by atoms with Crippen LogP contribution in [0.15, 0.2) is 18.2 Å². The number of methoxy groups -OCH3 is 1. The first-order valence-corrected chi connectivity index (χ1v) is 7.22. The molecule has 1 fully saturated rings. The Labute approximate surface area is 140 Å². The molecule has 138 valence electrons. The predicted molar refractivity (Wildman–Crippen MR) is 77.2 cm³/mol. The van der Waals surface area contributed by atoms with Gasteiger partial charge in [-0.05, 0) is 19.1 Å². The summed E-state index contributed by atoms with van der Waals surface area (Å²) in [7, 11) is 1.02. The van der Waals surface area contributed by atoms with Crippen LogP contribution in [0.25, 0.3) is 0 Å². The summed E-state index contributed by atoms with van der Waals surface area (Å²) in [4.78, 5) is 24.4. The van der Waals surface area contributed by atoms with Crippen molar-refractivity contribution in [1.82, 2.24) is 0 Å². The molecule has 10 heteroatoms. The first-order valence-electron chi connectivity index (χ1n) is 7.22. The quantitative estimate of drug-likeness (QED) is 0.593. The van der Waals surface area contributed by atoms with E-state index in [-0.39, 0.29) is 18.8 Å². The van der Waals surface area contributed by atoms with Crippen LogP contribution in [-0.2, 0) is 19.9 Å². The van der Waals surface area contributed by atoms with Gasteiger partial charge >= 0.3 is 23.9 Å². The summed E-state index contributed by atoms with van der Waals surface area (Å²) >= 11 is 0. The molecule has 6 nitrogen and oxygen atoms in total. The molecule has 1 aromatic rings. The number of esters is 1. The van der Waals surface area contributed by atoms with E-state index in [1.54, 1.807) is 0 Å². The van der Waals surface area contributed by atoms with E-state index in [0.29, 0.717) is 0 Å². The molecule has 0 N–H and O–H groups in total. The van der Waals surface area contributed by atoms with Gasteiger partial charge in [0, 0.05) is 6.07 Å². The molecular formula is C15H15F4NO5. The van der Waals surface area contributed by atoms with Gasteiger partial charge in [-0.1, -0.05) is 0 Å². The Bertz CT molecular complexity index is 678. The van der Waals surface area contributed by atoms with Crippen molar-refractivity contribution in [2.75, 3.05) is 31.8 Å². The summed E-state index contributed by atoms with van der Waals surface area (Å²) in [6, 6.07) is 2.84. The molecule has 1 unspecified atom stereocenters. The van der Waals surface area contributed by atoms with Crippen molar-refractivity contribution in [1.29, 1.82) is 0 Å². The summed E-state index contributed by atoms with van der Waals surface area (Å²) in [5.41, 5.74) is -5.31. The van der Waals surface area contributed by atoms with Crippen molar-refractivity contribution in [3.05, 3.63) is 23.8 Å². The molecule has 0 saturated carbocycles. The number of hydrogen-bond acceptors (Lipinski definition) is 5. The number of nitrogens with zero attached hydrogens (tertiary/aromatic N) is 1. The highest BCUT2D eigenvalue weighted by Gasteiger charge is 2.65. The Morgan fingerprint density at radius 3 is 2.48 bits per heavy atom. The molecule has 25 heavy (non-hydrogen) atoms. The molecule has 0 bridgehead atoms. The minimum Gasteiger partial charge on any atom is -0.496 e. The highest BCUT2D eigenvalue weighted by molar-refractivity contribution is 5.90. The molecule has 1 atom stereocenters. The number of ether oxygens (including phenoxy) is 3. The van der Waals surface area contributed by atoms with E-state index in [1.807, 2.05) is 0 Å². The number of cyclic esters (lactones) is 1. The average molecular weight is 365 g/mol. The fraction of sp³-hybridized carbons (Fsp3) is 0.467. The molecule has 0 aromatic heterocycles. The van der Waals surface area contributed by atoms with Crippen molar-refractivity contribution in [2.24, 2.45) is 0 Å². The number of carbonyl (C=O) groups excluding carboxylic acids is 2. The third-order valence-electron chi connectivity index (χ3n) is 3.58. The van der Waals surface area contributed by atoms with Crippen molar-refractivity contribution in [2.45, 2.75) is 18.8 Å². The van der Waals surface area contributed by atoms with Gasteiger partial charge in [0.15, 0.2) is 0 Å². The van der Waals surface area contributed by atoms with Crippen LogP contribution in [0, 0.1) is 0 Å². The summed E-state index contributed by atoms with van der Waals surface area (Å²) in [6.07, 6.45) is -6.26. The van der Waals surface area contributed by atoms with Gasteiger partial charge in [0.25, 0.3) is 0 Å². The Kier molecular flexibility index (Phi) is 5.09. The van der Waals surface area contributed by atoms with Gasteiger partial charge in [-0.15, -0.1) is 0 Å². The lowest BCUT2D eigenvalue weighted by molar-refractivity contribution is -0.243. The van der Waals surface area contributed by atoms with Crippen molar-refractivity contribution < 1.29 is 41.4 Å². The number of anilines is 1. The second-order valence-corrected chi connectivity index (χ2v) is 5.03. The maximum absolute atomic E-state index is 14.9. The predicted octanol–water partition coefficient (Wildman–Crippen LogP) is 2.94. The Morgan fingerprint density at radius 1 is 1.32 bits per heavy atom. The standard InChI is InChI=1S/C15H15F4NO5/c1-3-24-12(21)14(16,15(17,18)19)10-5-4-9(8-11(10)23-2)20-6-7-25-13(20)22/h4-5,8H,3,6-7H2,1-2H3. The van der Waals surface area contributed by atoms with E-state index < -0.39 is 41.8 Å². The van der Waals surface area contributed by atoms with E-state index in [9.17, 15) is 27.2 Å². The zero-order valence-corrected chi connectivity index (χ0v) is 13.4. The Balaban J connectivity index is 2.55. The minimum absolute atomic E-state index is 0.112. The monoisotopic (exact) mass is 365 g/mol. The number of halogens is 4. The number of carbonyl (C=O) groups is 2. The first-order chi connectivity index (χ1) is 11.7. The van der Waals surface area contributed by atoms with Gasteiger partial charge < -0.3 is 14.2 Å². The lowest BCUT2D eigenvalue weighted by Gasteiger charge is -2.28. The van der Waals surface area contributed by atoms with Crippen molar-refractivity contribution in [3.8, 4) is 5.75 Å². The van der Waals surface area contributed by atoms with Crippen LogP contribution in [0.3, 0.4) is 0 Å². The van der Waals surface area contributed by atoms with Crippen LogP contribution in [0.5, 0.6) is 5.75 Å². The van der Waals surface area contributed by atoms with Crippen LogP contribution in [0.4, 0.5) is 28.0 Å². The third kappa shape index (κ3) is 3.20. The van der Waals surface area contributed by atoms with Crippen LogP contribution in [0.1, 0.15) is 12.5 Å². The van der Waals surface area contributed by atoms with Crippen LogP contribution < -0.4 is 9.64 Å². The summed E-state index contributed by atoms with van der Waals surface area (Å²) in [5.74, 6) is -2.64. The Hall–Kier alpha value is -2.52. The highest BCUT2D eigenvalue weighted by Crippen LogP contribution is 2.47. The zero-order chi connectivity index (χ0) is 18.8. The van der Waals surface area contributed by atoms with Gasteiger partial charge in [-0.2, -0.15) is 13.2 Å². The molecule has 1 saturated heterocycles. The topological polar surface area (TPSA) is 65.1 Å². The SMILES string of the molecule is CCOC(=O)C(F)(c1ccc(N2CCOC2=O)cc1OC)C(F)(F)F. The second-order valence-electron chi connectivity index (χ2n) is 5.03. The van der Waals surface area contributed by atoms with E-state index in [1.165, 1.54) is 6.92 Å². The zero-order valence-electron chi connectivity index (χ0n) is 13.4. The number of rotatable bonds is 5. The molecule has 2 rings (SSSR count). The molecule has 0 aliphatic carbocycles. The lowest BCUT2D eigenvalue weighted by Crippen LogP contribution is -2.46. The Morgan fingerprint density at radius 2 is 2.00 bits per heavy atom. The summed E-state index contributed by atoms with van der Waals surface area (Å²) in [6.45, 7) is 1.12. The molecule has 1 aliphatic rings. The van der Waals surface area contributed by atoms with Gasteiger partial charge in [0.1, 0.15) is 12.4 Å². The maximum atomic E-state index is 14.9. The van der Waals surface area contributed by atoms with Crippen LogP contribution in [0.2, 0.25) is 0 Å². The van der Waals surface area contributed by atoms with E-state index in [4.69, 9.17) is 9.47 Å². The fourth-order valence-corrected chi connectivity index (χ4v) is 2.37. The number of benzene rings is 1. The van der Waals surface area contributed by atoms with E-state index >= 15 is 0 Å². The van der Waals surface area contributed by atoms with E-state index in [2.05, 4.69) is 4.74 Å². The lowest BCUT2D eigenvalue weighted by atomic mass is 9.93. The normalized spacial score (nSPS) is 17.0. The molecule has 0 radical (unpaired) electrons. The molecule has 0 spiro atoms. The van der Waals surface area contributed by atoms with Crippen LogP contribution in [-0.4, -0.2) is 45.1 Å². The average Bonchev–Trinajstić information content (AvgIpc) is 2.98. The van der Waals surface area contributed by atoms with Crippen molar-refractivity contribution >= 4 is 17.7 Å². The minimum atomic E-state index is -5.57. The molecule has 1 aliphatic heterocycles. The van der Waals surface area contributed by atoms with Gasteiger partial charge in [-0.25, -0.2) is 14.0 Å². The maximum Gasteiger partial charge on any atom is 0.438 e. The molecular weight excluding hydrogens is 350 g/mol. The third-order valence-corrected chi connectivity index (χ3v) is 3.58. The smallest absolute Gasteiger partial charge is 0.438 e. The number of amides is 1. The number of hydrogen-bond donors (Lipinski definition) is 0. The second kappa shape index (κ2) is 6.77. The summed E-state index contributed by atoms with van der Waals surface area (Å²) < 4.78 is 68.7. The number of alkyl halides is 4. The largest absolute Gasteiger partial charge is 0.496 e. The molecule has 1 amide bonds. The molecule has 1 aromatic carbocycles. The first kappa shape index (κ1) is 18.8. The van der Waals surface area contributed by atoms with Gasteiger partial charge in [0.2, 0.25) is 0 Å². The van der Waals surface area contributed by atoms with Gasteiger partial charge in [0.05, 0.1) is 31.5 Å².